The van der Waals surface area contributed by atoms with Crippen LogP contribution in [0.3, 0.4) is 0 Å². The number of carboxylic acid groups (broad SMARTS) is 1. The molecule has 0 radical (unpaired) electrons. The summed E-state index contributed by atoms with van der Waals surface area (Å²) in [6.45, 7) is 0. The molecule has 0 heterocycles. The van der Waals surface area contributed by atoms with E-state index in [1.54, 1.807) is 0 Å². The van der Waals surface area contributed by atoms with E-state index in [4.69, 9.17) is 5.11 Å². The third-order valence-electron chi connectivity index (χ3n) is 1.69. The van der Waals surface area contributed by atoms with Crippen LogP contribution in [0.25, 0.3) is 0 Å². The van der Waals surface area contributed by atoms with Crippen LogP contribution in [0.5, 0.6) is 0 Å². The Balaban J connectivity index is 3.62. The largest absolute Gasteiger partial charge is 0.477 e. The molecule has 0 aliphatic carbocycles. The lowest BCUT2D eigenvalue weighted by Crippen LogP contribution is -2.29. The predicted octanol–water partition coefficient (Wildman–Crippen LogP) is 2.42. The molecule has 0 aromatic heterocycles. The maximum atomic E-state index is 12.8. The van der Waals surface area contributed by atoms with Crippen molar-refractivity contribution in [3.05, 3.63) is 34.9 Å². The van der Waals surface area contributed by atoms with E-state index in [0.29, 0.717) is 0 Å². The number of halogens is 6. The first kappa shape index (κ1) is 12.3. The highest BCUT2D eigenvalue weighted by Gasteiger charge is 2.47. The zero-order valence-electron chi connectivity index (χ0n) is 7.20. The molecule has 1 N–H and O–H groups in total. The van der Waals surface area contributed by atoms with Crippen molar-refractivity contribution in [2.75, 3.05) is 0 Å². The van der Waals surface area contributed by atoms with Crippen LogP contribution in [-0.2, 0) is 10.7 Å². The fourth-order valence-electron chi connectivity index (χ4n) is 0.956. The smallest absolute Gasteiger partial charge is 0.379 e. The normalized spacial score (nSPS) is 11.6. The van der Waals surface area contributed by atoms with Gasteiger partial charge in [0.05, 0.1) is 0 Å². The number of hydrogen-bond acceptors (Lipinski definition) is 1. The predicted molar refractivity (Wildman–Crippen MR) is 37.8 cm³/mol. The minimum absolute atomic E-state index is 0.300. The maximum Gasteiger partial charge on any atom is 0.379 e. The molecule has 8 heteroatoms. The summed E-state index contributed by atoms with van der Waals surface area (Å²) < 4.78 is 76.1. The molecule has 0 fully saturated rings. The molecule has 0 spiro atoms. The van der Waals surface area contributed by atoms with Crippen molar-refractivity contribution in [3.8, 4) is 0 Å². The van der Waals surface area contributed by atoms with E-state index >= 15 is 0 Å². The molecule has 2 nitrogen and oxygen atoms in total. The van der Waals surface area contributed by atoms with Crippen molar-refractivity contribution in [1.29, 1.82) is 0 Å². The van der Waals surface area contributed by atoms with Crippen LogP contribution in [-0.4, -0.2) is 11.1 Å². The number of rotatable bonds is 2. The van der Waals surface area contributed by atoms with E-state index in [1.807, 2.05) is 0 Å². The Bertz CT molecular complexity index is 430. The van der Waals surface area contributed by atoms with Gasteiger partial charge in [-0.15, -0.1) is 0 Å². The van der Waals surface area contributed by atoms with Gasteiger partial charge in [0.1, 0.15) is 5.56 Å². The number of alkyl halides is 2. The number of benzene rings is 1. The Morgan fingerprint density at radius 2 is 1.44 bits per heavy atom. The fraction of sp³-hybridized carbons (Fsp3) is 0.125. The number of carboxylic acids is 1. The summed E-state index contributed by atoms with van der Waals surface area (Å²) in [5.74, 6) is -17.1. The third kappa shape index (κ3) is 1.70. The first-order valence-electron chi connectivity index (χ1n) is 3.64. The van der Waals surface area contributed by atoms with Gasteiger partial charge in [0.2, 0.25) is 0 Å². The lowest BCUT2D eigenvalue weighted by molar-refractivity contribution is -0.167. The fourth-order valence-corrected chi connectivity index (χ4v) is 0.956. The molecule has 1 aromatic rings. The van der Waals surface area contributed by atoms with E-state index in [2.05, 4.69) is 0 Å². The minimum Gasteiger partial charge on any atom is -0.477 e. The van der Waals surface area contributed by atoms with Crippen LogP contribution < -0.4 is 0 Å². The maximum absolute atomic E-state index is 12.8. The summed E-state index contributed by atoms with van der Waals surface area (Å²) in [6, 6.07) is -0.300. The lowest BCUT2D eigenvalue weighted by Gasteiger charge is -2.13. The van der Waals surface area contributed by atoms with Gasteiger partial charge in [-0.25, -0.2) is 22.4 Å². The monoisotopic (exact) mass is 244 g/mol. The number of carbonyl (C=O) groups is 1. The number of hydrogen-bond donors (Lipinski definition) is 1. The second-order valence-corrected chi connectivity index (χ2v) is 2.72. The van der Waals surface area contributed by atoms with E-state index < -0.39 is 40.7 Å². The van der Waals surface area contributed by atoms with Crippen LogP contribution in [0, 0.1) is 23.3 Å². The molecule has 0 saturated heterocycles. The zero-order chi connectivity index (χ0) is 12.7. The molecule has 0 bridgehead atoms. The SMILES string of the molecule is O=C(O)C(F)(F)c1c(F)c(F)cc(F)c1F. The second-order valence-electron chi connectivity index (χ2n) is 2.72. The average molecular weight is 244 g/mol. The molecule has 0 amide bonds. The Hall–Kier alpha value is -1.73. The topological polar surface area (TPSA) is 37.3 Å². The van der Waals surface area contributed by atoms with Crippen LogP contribution in [0.4, 0.5) is 26.3 Å². The van der Waals surface area contributed by atoms with E-state index in [-0.39, 0.29) is 6.07 Å². The van der Waals surface area contributed by atoms with Gasteiger partial charge in [-0.3, -0.25) is 0 Å². The standard InChI is InChI=1S/C8H2F6O2/c9-2-1-3(10)6(12)4(5(2)11)8(13,14)7(15)16/h1H,(H,15,16). The summed E-state index contributed by atoms with van der Waals surface area (Å²) in [7, 11) is 0. The quantitative estimate of drug-likeness (QED) is 0.640. The summed E-state index contributed by atoms with van der Waals surface area (Å²) >= 11 is 0. The van der Waals surface area contributed by atoms with E-state index in [9.17, 15) is 31.1 Å². The summed E-state index contributed by atoms with van der Waals surface area (Å²) in [5.41, 5.74) is -2.46. The van der Waals surface area contributed by atoms with Gasteiger partial charge in [0, 0.05) is 6.07 Å². The molecule has 0 aliphatic rings. The van der Waals surface area contributed by atoms with Crippen LogP contribution in [0.15, 0.2) is 6.07 Å². The zero-order valence-corrected chi connectivity index (χ0v) is 7.20. The summed E-state index contributed by atoms with van der Waals surface area (Å²) in [4.78, 5) is 10.0. The van der Waals surface area contributed by atoms with Gasteiger partial charge in [-0.2, -0.15) is 8.78 Å². The Kier molecular flexibility index (Phi) is 2.85. The van der Waals surface area contributed by atoms with Crippen molar-refractivity contribution >= 4 is 5.97 Å². The van der Waals surface area contributed by atoms with Crippen molar-refractivity contribution in [1.82, 2.24) is 0 Å². The molecule has 1 aromatic carbocycles. The van der Waals surface area contributed by atoms with Crippen molar-refractivity contribution in [3.63, 3.8) is 0 Å². The van der Waals surface area contributed by atoms with Gasteiger partial charge in [-0.05, 0) is 0 Å². The molecule has 1 rings (SSSR count). The Labute approximate surface area is 84.1 Å². The summed E-state index contributed by atoms with van der Waals surface area (Å²) in [5, 5.41) is 8.00. The molecule has 0 aliphatic heterocycles. The highest BCUT2D eigenvalue weighted by atomic mass is 19.3. The van der Waals surface area contributed by atoms with Gasteiger partial charge >= 0.3 is 11.9 Å². The van der Waals surface area contributed by atoms with Gasteiger partial charge < -0.3 is 5.11 Å². The highest BCUT2D eigenvalue weighted by Crippen LogP contribution is 2.34. The van der Waals surface area contributed by atoms with E-state index in [0.717, 1.165) is 0 Å². The van der Waals surface area contributed by atoms with E-state index in [1.165, 1.54) is 0 Å². The highest BCUT2D eigenvalue weighted by molar-refractivity contribution is 5.77. The minimum atomic E-state index is -5.06. The lowest BCUT2D eigenvalue weighted by atomic mass is 10.1. The van der Waals surface area contributed by atoms with Crippen molar-refractivity contribution in [2.45, 2.75) is 5.92 Å². The Morgan fingerprint density at radius 1 is 1.06 bits per heavy atom. The van der Waals surface area contributed by atoms with Crippen LogP contribution in [0.2, 0.25) is 0 Å². The van der Waals surface area contributed by atoms with Crippen molar-refractivity contribution in [2.24, 2.45) is 0 Å². The summed E-state index contributed by atoms with van der Waals surface area (Å²) in [6.07, 6.45) is 0. The molecule has 0 atom stereocenters. The first-order chi connectivity index (χ1) is 7.19. The average Bonchev–Trinajstić information content (AvgIpc) is 2.14. The molecule has 0 saturated carbocycles. The van der Waals surface area contributed by atoms with Gasteiger partial charge in [0.25, 0.3) is 0 Å². The first-order valence-corrected chi connectivity index (χ1v) is 3.64. The molecular weight excluding hydrogens is 242 g/mol. The molecule has 16 heavy (non-hydrogen) atoms. The van der Waals surface area contributed by atoms with Crippen molar-refractivity contribution < 1.29 is 36.2 Å². The Morgan fingerprint density at radius 3 is 1.75 bits per heavy atom. The molecule has 88 valence electrons. The van der Waals surface area contributed by atoms with Crippen LogP contribution >= 0.6 is 0 Å². The molecular formula is C8H2F6O2. The van der Waals surface area contributed by atoms with Gasteiger partial charge in [-0.1, -0.05) is 0 Å². The second kappa shape index (κ2) is 3.69. The third-order valence-corrected chi connectivity index (χ3v) is 1.69. The van der Waals surface area contributed by atoms with Crippen LogP contribution in [0.1, 0.15) is 5.56 Å². The molecule has 0 unspecified atom stereocenters. The number of aliphatic carboxylic acids is 1. The van der Waals surface area contributed by atoms with Gasteiger partial charge in [0.15, 0.2) is 23.3 Å².